The number of carbonyl (C=O) groups is 1. The lowest BCUT2D eigenvalue weighted by Crippen LogP contribution is -2.22. The minimum absolute atomic E-state index is 0.0239. The van der Waals surface area contributed by atoms with Gasteiger partial charge in [0, 0.05) is 11.6 Å². The van der Waals surface area contributed by atoms with Gasteiger partial charge in [0.2, 0.25) is 5.88 Å². The third kappa shape index (κ3) is 6.79. The van der Waals surface area contributed by atoms with E-state index in [-0.39, 0.29) is 23.8 Å². The molecule has 1 unspecified atom stereocenters. The Morgan fingerprint density at radius 2 is 1.64 bits per heavy atom. The molecule has 0 aromatic heterocycles. The molecule has 1 aliphatic rings. The average molecular weight is 591 g/mol. The summed E-state index contributed by atoms with van der Waals surface area (Å²) in [6.07, 6.45) is 0. The molecule has 8 heteroatoms. The van der Waals surface area contributed by atoms with Crippen LogP contribution in [0.2, 0.25) is 0 Å². The summed E-state index contributed by atoms with van der Waals surface area (Å²) in [5, 5.41) is 10.0. The standard InChI is InChI=1S/C36H34N2O6/c1-5-40-33-17-26(11-15-31(33)42-20-25-9-6-22(2)7-10-25)35-29-14-13-28(18-32(29)44-36(38)30(35)19-37)43-34(39)21-41-27-12-8-23(3)24(4)16-27/h6-18,35H,5,20-21,38H2,1-4H3. The zero-order valence-electron chi connectivity index (χ0n) is 25.2. The van der Waals surface area contributed by atoms with E-state index in [2.05, 4.69) is 6.07 Å². The average Bonchev–Trinajstić information content (AvgIpc) is 3.01. The molecule has 1 heterocycles. The molecule has 4 aromatic rings. The van der Waals surface area contributed by atoms with Crippen LogP contribution in [0.15, 0.2) is 90.3 Å². The highest BCUT2D eigenvalue weighted by molar-refractivity contribution is 5.74. The van der Waals surface area contributed by atoms with Gasteiger partial charge < -0.3 is 29.4 Å². The van der Waals surface area contributed by atoms with E-state index in [1.165, 1.54) is 5.56 Å². The van der Waals surface area contributed by atoms with Crippen LogP contribution in [0.25, 0.3) is 0 Å². The number of rotatable bonds is 10. The second-order valence-electron chi connectivity index (χ2n) is 10.5. The van der Waals surface area contributed by atoms with Crippen molar-refractivity contribution < 1.29 is 28.5 Å². The first kappa shape index (κ1) is 30.1. The molecule has 0 amide bonds. The molecule has 4 aromatic carbocycles. The van der Waals surface area contributed by atoms with E-state index >= 15 is 0 Å². The number of nitrogens with zero attached hydrogens (tertiary/aromatic N) is 1. The van der Waals surface area contributed by atoms with Crippen molar-refractivity contribution in [1.82, 2.24) is 0 Å². The predicted octanol–water partition coefficient (Wildman–Crippen LogP) is 6.79. The number of nitrogens with two attached hydrogens (primary N) is 1. The van der Waals surface area contributed by atoms with Gasteiger partial charge in [0.05, 0.1) is 12.5 Å². The highest BCUT2D eigenvalue weighted by Crippen LogP contribution is 2.45. The highest BCUT2D eigenvalue weighted by atomic mass is 16.6. The monoisotopic (exact) mass is 590 g/mol. The van der Waals surface area contributed by atoms with E-state index in [9.17, 15) is 10.1 Å². The number of fused-ring (bicyclic) bond motifs is 1. The van der Waals surface area contributed by atoms with Crippen LogP contribution in [0.3, 0.4) is 0 Å². The van der Waals surface area contributed by atoms with Crippen molar-refractivity contribution in [3.05, 3.63) is 124 Å². The fraction of sp³-hybridized carbons (Fsp3) is 0.222. The van der Waals surface area contributed by atoms with Crippen molar-refractivity contribution in [1.29, 1.82) is 5.26 Å². The van der Waals surface area contributed by atoms with Gasteiger partial charge in [0.1, 0.15) is 35.5 Å². The van der Waals surface area contributed by atoms with Crippen molar-refractivity contribution in [2.75, 3.05) is 13.2 Å². The number of aryl methyl sites for hydroxylation is 3. The second-order valence-corrected chi connectivity index (χ2v) is 10.5. The van der Waals surface area contributed by atoms with Gasteiger partial charge >= 0.3 is 5.97 Å². The Morgan fingerprint density at radius 1 is 0.864 bits per heavy atom. The van der Waals surface area contributed by atoms with Crippen LogP contribution in [0.5, 0.6) is 28.7 Å². The summed E-state index contributed by atoms with van der Waals surface area (Å²) in [7, 11) is 0. The Bertz CT molecular complexity index is 1750. The fourth-order valence-electron chi connectivity index (χ4n) is 4.89. The molecule has 2 N–H and O–H groups in total. The zero-order valence-corrected chi connectivity index (χ0v) is 25.2. The first-order valence-corrected chi connectivity index (χ1v) is 14.3. The van der Waals surface area contributed by atoms with E-state index in [0.717, 1.165) is 22.3 Å². The maximum atomic E-state index is 12.6. The zero-order chi connectivity index (χ0) is 31.2. The minimum Gasteiger partial charge on any atom is -0.490 e. The topological polar surface area (TPSA) is 113 Å². The first-order chi connectivity index (χ1) is 21.2. The normalized spacial score (nSPS) is 13.8. The molecule has 0 radical (unpaired) electrons. The third-order valence-corrected chi connectivity index (χ3v) is 7.37. The Labute approximate surface area is 257 Å². The molecule has 0 aliphatic carbocycles. The van der Waals surface area contributed by atoms with Gasteiger partial charge in [-0.05, 0) is 80.3 Å². The van der Waals surface area contributed by atoms with Gasteiger partial charge in [0.15, 0.2) is 18.1 Å². The van der Waals surface area contributed by atoms with Crippen LogP contribution < -0.4 is 29.4 Å². The molecule has 44 heavy (non-hydrogen) atoms. The first-order valence-electron chi connectivity index (χ1n) is 14.3. The Balaban J connectivity index is 1.36. The van der Waals surface area contributed by atoms with Gasteiger partial charge in [-0.25, -0.2) is 4.79 Å². The van der Waals surface area contributed by atoms with E-state index in [1.54, 1.807) is 18.2 Å². The van der Waals surface area contributed by atoms with Crippen LogP contribution in [0, 0.1) is 32.1 Å². The smallest absolute Gasteiger partial charge is 0.349 e. The minimum atomic E-state index is -0.570. The Hall–Kier alpha value is -5.42. The molecule has 0 saturated heterocycles. The summed E-state index contributed by atoms with van der Waals surface area (Å²) in [6, 6.07) is 26.5. The maximum absolute atomic E-state index is 12.6. The lowest BCUT2D eigenvalue weighted by molar-refractivity contribution is -0.136. The number of carbonyl (C=O) groups excluding carboxylic acids is 1. The molecule has 8 nitrogen and oxygen atoms in total. The van der Waals surface area contributed by atoms with Crippen LogP contribution in [-0.2, 0) is 11.4 Å². The van der Waals surface area contributed by atoms with Crippen LogP contribution >= 0.6 is 0 Å². The van der Waals surface area contributed by atoms with E-state index in [1.807, 2.05) is 88.4 Å². The number of allylic oxidation sites excluding steroid dienone is 1. The summed E-state index contributed by atoms with van der Waals surface area (Å²) in [5.74, 6) is 1.24. The molecule has 0 bridgehead atoms. The maximum Gasteiger partial charge on any atom is 0.349 e. The van der Waals surface area contributed by atoms with Crippen molar-refractivity contribution in [3.63, 3.8) is 0 Å². The van der Waals surface area contributed by atoms with Crippen molar-refractivity contribution >= 4 is 5.97 Å². The van der Waals surface area contributed by atoms with Crippen LogP contribution in [0.1, 0.15) is 46.2 Å². The molecule has 5 rings (SSSR count). The number of hydrogen-bond donors (Lipinski definition) is 1. The summed E-state index contributed by atoms with van der Waals surface area (Å²) in [6.45, 7) is 8.47. The van der Waals surface area contributed by atoms with Crippen LogP contribution in [0.4, 0.5) is 0 Å². The number of benzene rings is 4. The van der Waals surface area contributed by atoms with Crippen molar-refractivity contribution in [2.24, 2.45) is 5.73 Å². The predicted molar refractivity (Wildman–Crippen MR) is 166 cm³/mol. The van der Waals surface area contributed by atoms with Gasteiger partial charge in [-0.1, -0.05) is 48.0 Å². The molecule has 0 fully saturated rings. The lowest BCUT2D eigenvalue weighted by atomic mass is 9.83. The molecule has 0 saturated carbocycles. The second kappa shape index (κ2) is 13.3. The largest absolute Gasteiger partial charge is 0.490 e. The molecular weight excluding hydrogens is 556 g/mol. The van der Waals surface area contributed by atoms with E-state index < -0.39 is 11.9 Å². The summed E-state index contributed by atoms with van der Waals surface area (Å²) < 4.78 is 29.0. The molecular formula is C36H34N2O6. The molecule has 224 valence electrons. The van der Waals surface area contributed by atoms with Gasteiger partial charge in [-0.2, -0.15) is 5.26 Å². The summed E-state index contributed by atoms with van der Waals surface area (Å²) >= 11 is 0. The lowest BCUT2D eigenvalue weighted by Gasteiger charge is -2.27. The Kier molecular flexibility index (Phi) is 9.06. The number of esters is 1. The summed E-state index contributed by atoms with van der Waals surface area (Å²) in [5.41, 5.74) is 12.4. The molecule has 1 atom stereocenters. The SMILES string of the molecule is CCOc1cc(C2C(C#N)=C(N)Oc3cc(OC(=O)COc4ccc(C)c(C)c4)ccc32)ccc1OCc1ccc(C)cc1. The molecule has 1 aliphatic heterocycles. The van der Waals surface area contributed by atoms with Crippen molar-refractivity contribution in [3.8, 4) is 34.8 Å². The van der Waals surface area contributed by atoms with Gasteiger partial charge in [-0.15, -0.1) is 0 Å². The fourth-order valence-corrected chi connectivity index (χ4v) is 4.89. The summed E-state index contributed by atoms with van der Waals surface area (Å²) in [4.78, 5) is 12.6. The number of nitriles is 1. The number of hydrogen-bond acceptors (Lipinski definition) is 8. The molecule has 0 spiro atoms. The van der Waals surface area contributed by atoms with E-state index in [0.29, 0.717) is 41.8 Å². The van der Waals surface area contributed by atoms with Crippen molar-refractivity contribution in [2.45, 2.75) is 40.2 Å². The van der Waals surface area contributed by atoms with E-state index in [4.69, 9.17) is 29.4 Å². The number of ether oxygens (including phenoxy) is 5. The van der Waals surface area contributed by atoms with Gasteiger partial charge in [0.25, 0.3) is 0 Å². The quantitative estimate of drug-likeness (QED) is 0.159. The van der Waals surface area contributed by atoms with Gasteiger partial charge in [-0.3, -0.25) is 0 Å². The van der Waals surface area contributed by atoms with Crippen LogP contribution in [-0.4, -0.2) is 19.2 Å². The highest BCUT2D eigenvalue weighted by Gasteiger charge is 2.32. The Morgan fingerprint density at radius 3 is 2.36 bits per heavy atom. The third-order valence-electron chi connectivity index (χ3n) is 7.37.